The molecule has 0 amide bonds. The van der Waals surface area contributed by atoms with Gasteiger partial charge in [-0.25, -0.2) is 0 Å². The highest BCUT2D eigenvalue weighted by atomic mass is 127. The van der Waals surface area contributed by atoms with Gasteiger partial charge in [0.1, 0.15) is 11.9 Å². The molecule has 0 saturated carbocycles. The summed E-state index contributed by atoms with van der Waals surface area (Å²) in [5.41, 5.74) is 3.66. The summed E-state index contributed by atoms with van der Waals surface area (Å²) in [5.74, 6) is 1.71. The molecule has 2 rings (SSSR count). The lowest BCUT2D eigenvalue weighted by Crippen LogP contribution is -2.42. The average molecular weight is 468 g/mol. The van der Waals surface area contributed by atoms with E-state index in [0.717, 1.165) is 30.2 Å². The molecular formula is C20H29IN4O. The van der Waals surface area contributed by atoms with Gasteiger partial charge in [0.15, 0.2) is 5.96 Å². The fourth-order valence-electron chi connectivity index (χ4n) is 2.51. The molecule has 0 aliphatic carbocycles. The fraction of sp³-hybridized carbons (Fsp3) is 0.400. The van der Waals surface area contributed by atoms with Crippen molar-refractivity contribution in [2.24, 2.45) is 4.99 Å². The van der Waals surface area contributed by atoms with Gasteiger partial charge in [0.2, 0.25) is 0 Å². The van der Waals surface area contributed by atoms with Crippen LogP contribution >= 0.6 is 24.0 Å². The molecule has 2 aromatic rings. The van der Waals surface area contributed by atoms with Gasteiger partial charge in [-0.15, -0.1) is 24.0 Å². The van der Waals surface area contributed by atoms with Crippen LogP contribution in [-0.2, 0) is 6.42 Å². The minimum absolute atomic E-state index is 0. The number of ether oxygens (including phenoxy) is 1. The first kappa shape index (κ1) is 22.2. The number of aromatic nitrogens is 1. The molecule has 0 bridgehead atoms. The van der Waals surface area contributed by atoms with E-state index in [1.807, 2.05) is 37.5 Å². The summed E-state index contributed by atoms with van der Waals surface area (Å²) in [6.45, 7) is 7.68. The molecule has 0 spiro atoms. The lowest BCUT2D eigenvalue weighted by molar-refractivity contribution is 0.222. The Morgan fingerprint density at radius 1 is 1.15 bits per heavy atom. The van der Waals surface area contributed by atoms with E-state index in [1.54, 1.807) is 7.05 Å². The van der Waals surface area contributed by atoms with Crippen molar-refractivity contribution in [3.05, 3.63) is 59.4 Å². The standard InChI is InChI=1S/C20H28N4O.HI/c1-15-7-5-6-8-19(15)25-17(3)14-24-20(21-4)23-12-10-18-9-11-22-13-16(18)2;/h5-9,11,13,17H,10,12,14H2,1-4H3,(H2,21,23,24);1H. The van der Waals surface area contributed by atoms with E-state index in [2.05, 4.69) is 46.6 Å². The zero-order valence-electron chi connectivity index (χ0n) is 16.0. The van der Waals surface area contributed by atoms with Crippen LogP contribution in [0.25, 0.3) is 0 Å². The van der Waals surface area contributed by atoms with E-state index in [-0.39, 0.29) is 30.1 Å². The van der Waals surface area contributed by atoms with Crippen molar-refractivity contribution in [3.63, 3.8) is 0 Å². The molecule has 1 unspecified atom stereocenters. The van der Waals surface area contributed by atoms with Crippen LogP contribution in [-0.4, -0.2) is 37.2 Å². The molecule has 0 saturated heterocycles. The molecular weight excluding hydrogens is 439 g/mol. The predicted molar refractivity (Wildman–Crippen MR) is 119 cm³/mol. The van der Waals surface area contributed by atoms with Gasteiger partial charge >= 0.3 is 0 Å². The van der Waals surface area contributed by atoms with Crippen LogP contribution in [0, 0.1) is 13.8 Å². The van der Waals surface area contributed by atoms with Gasteiger partial charge in [0.05, 0.1) is 6.54 Å². The number of aryl methyl sites for hydroxylation is 2. The second-order valence-electron chi connectivity index (χ2n) is 6.13. The second kappa shape index (κ2) is 11.7. The number of guanidine groups is 1. The Morgan fingerprint density at radius 2 is 1.92 bits per heavy atom. The third-order valence-corrected chi connectivity index (χ3v) is 4.03. The summed E-state index contributed by atoms with van der Waals surface area (Å²) >= 11 is 0. The van der Waals surface area contributed by atoms with Gasteiger partial charge in [-0.2, -0.15) is 0 Å². The minimum Gasteiger partial charge on any atom is -0.489 e. The van der Waals surface area contributed by atoms with Crippen molar-refractivity contribution < 1.29 is 4.74 Å². The summed E-state index contributed by atoms with van der Waals surface area (Å²) in [4.78, 5) is 8.39. The van der Waals surface area contributed by atoms with Crippen LogP contribution in [0.2, 0.25) is 0 Å². The van der Waals surface area contributed by atoms with E-state index in [0.29, 0.717) is 6.54 Å². The predicted octanol–water partition coefficient (Wildman–Crippen LogP) is 3.49. The van der Waals surface area contributed by atoms with Crippen LogP contribution in [0.3, 0.4) is 0 Å². The quantitative estimate of drug-likeness (QED) is 0.371. The van der Waals surface area contributed by atoms with Crippen molar-refractivity contribution in [1.29, 1.82) is 0 Å². The average Bonchev–Trinajstić information content (AvgIpc) is 2.61. The molecule has 0 radical (unpaired) electrons. The SMILES string of the molecule is CN=C(NCCc1ccncc1C)NCC(C)Oc1ccccc1C.I. The van der Waals surface area contributed by atoms with E-state index in [1.165, 1.54) is 11.1 Å². The number of nitrogens with zero attached hydrogens (tertiary/aromatic N) is 2. The summed E-state index contributed by atoms with van der Waals surface area (Å²) < 4.78 is 5.98. The number of nitrogens with one attached hydrogen (secondary N) is 2. The van der Waals surface area contributed by atoms with Crippen molar-refractivity contribution in [3.8, 4) is 5.75 Å². The number of aliphatic imine (C=N–C) groups is 1. The maximum Gasteiger partial charge on any atom is 0.191 e. The molecule has 1 aromatic heterocycles. The lowest BCUT2D eigenvalue weighted by Gasteiger charge is -2.19. The highest BCUT2D eigenvalue weighted by molar-refractivity contribution is 14.0. The Morgan fingerprint density at radius 3 is 2.62 bits per heavy atom. The molecule has 1 aromatic carbocycles. The lowest BCUT2D eigenvalue weighted by atomic mass is 10.1. The van der Waals surface area contributed by atoms with E-state index in [9.17, 15) is 0 Å². The third-order valence-electron chi connectivity index (χ3n) is 4.03. The van der Waals surface area contributed by atoms with Crippen molar-refractivity contribution in [1.82, 2.24) is 15.6 Å². The van der Waals surface area contributed by atoms with Gasteiger partial charge < -0.3 is 15.4 Å². The first-order valence-corrected chi connectivity index (χ1v) is 8.66. The molecule has 1 atom stereocenters. The number of rotatable bonds is 7. The Kier molecular flexibility index (Phi) is 10.0. The van der Waals surface area contributed by atoms with Crippen molar-refractivity contribution in [2.75, 3.05) is 20.1 Å². The molecule has 26 heavy (non-hydrogen) atoms. The monoisotopic (exact) mass is 468 g/mol. The zero-order valence-corrected chi connectivity index (χ0v) is 18.3. The van der Waals surface area contributed by atoms with Gasteiger partial charge in [0, 0.05) is 26.0 Å². The maximum atomic E-state index is 5.98. The molecule has 5 nitrogen and oxygen atoms in total. The Hall–Kier alpha value is -1.83. The van der Waals surface area contributed by atoms with Crippen molar-refractivity contribution in [2.45, 2.75) is 33.3 Å². The summed E-state index contributed by atoms with van der Waals surface area (Å²) in [6.07, 6.45) is 4.71. The van der Waals surface area contributed by atoms with Gasteiger partial charge in [0.25, 0.3) is 0 Å². The number of para-hydroxylation sites is 1. The molecule has 0 aliphatic rings. The minimum atomic E-state index is 0. The highest BCUT2D eigenvalue weighted by Gasteiger charge is 2.07. The first-order valence-electron chi connectivity index (χ1n) is 8.66. The Bertz CT molecular complexity index is 706. The van der Waals surface area contributed by atoms with E-state index < -0.39 is 0 Å². The summed E-state index contributed by atoms with van der Waals surface area (Å²) in [5, 5.41) is 6.65. The second-order valence-corrected chi connectivity index (χ2v) is 6.13. The Balaban J connectivity index is 0.00000338. The number of halogens is 1. The summed E-state index contributed by atoms with van der Waals surface area (Å²) in [7, 11) is 1.78. The van der Waals surface area contributed by atoms with Gasteiger partial charge in [-0.3, -0.25) is 9.98 Å². The molecule has 6 heteroatoms. The largest absolute Gasteiger partial charge is 0.489 e. The van der Waals surface area contributed by atoms with Crippen LogP contribution in [0.15, 0.2) is 47.7 Å². The number of benzene rings is 1. The van der Waals surface area contributed by atoms with Crippen LogP contribution in [0.1, 0.15) is 23.6 Å². The molecule has 0 fully saturated rings. The van der Waals surface area contributed by atoms with E-state index >= 15 is 0 Å². The topological polar surface area (TPSA) is 58.5 Å². The third kappa shape index (κ3) is 7.19. The molecule has 2 N–H and O–H groups in total. The fourth-order valence-corrected chi connectivity index (χ4v) is 2.51. The van der Waals surface area contributed by atoms with Gasteiger partial charge in [-0.05, 0) is 56.0 Å². The maximum absolute atomic E-state index is 5.98. The first-order chi connectivity index (χ1) is 12.1. The number of hydrogen-bond donors (Lipinski definition) is 2. The summed E-state index contributed by atoms with van der Waals surface area (Å²) in [6, 6.07) is 10.1. The Labute approximate surface area is 173 Å². The van der Waals surface area contributed by atoms with Crippen LogP contribution in [0.4, 0.5) is 0 Å². The smallest absolute Gasteiger partial charge is 0.191 e. The van der Waals surface area contributed by atoms with Crippen molar-refractivity contribution >= 4 is 29.9 Å². The molecule has 0 aliphatic heterocycles. The van der Waals surface area contributed by atoms with Crippen LogP contribution < -0.4 is 15.4 Å². The zero-order chi connectivity index (χ0) is 18.1. The molecule has 142 valence electrons. The highest BCUT2D eigenvalue weighted by Crippen LogP contribution is 2.17. The number of pyridine rings is 1. The normalized spacial score (nSPS) is 12.1. The van der Waals surface area contributed by atoms with E-state index in [4.69, 9.17) is 4.74 Å². The van der Waals surface area contributed by atoms with Gasteiger partial charge in [-0.1, -0.05) is 18.2 Å². The van der Waals surface area contributed by atoms with Crippen LogP contribution in [0.5, 0.6) is 5.75 Å². The number of hydrogen-bond acceptors (Lipinski definition) is 3. The molecule has 1 heterocycles.